The van der Waals surface area contributed by atoms with Crippen LogP contribution in [0, 0.1) is 17.5 Å². The molecule has 136 valence electrons. The molecular weight excluding hydrogens is 369 g/mol. The van der Waals surface area contributed by atoms with Crippen LogP contribution in [0.3, 0.4) is 0 Å². The molecular formula is C15H12F5NO3S. The first-order valence-corrected chi connectivity index (χ1v) is 8.36. The Kier molecular flexibility index (Phi) is 5.96. The summed E-state index contributed by atoms with van der Waals surface area (Å²) in [6, 6.07) is 6.59. The highest BCUT2D eigenvalue weighted by Gasteiger charge is 2.23. The fourth-order valence-electron chi connectivity index (χ4n) is 1.96. The lowest BCUT2D eigenvalue weighted by molar-refractivity contribution is -0.0498. The van der Waals surface area contributed by atoms with Crippen molar-refractivity contribution in [1.82, 2.24) is 4.72 Å². The molecule has 0 unspecified atom stereocenters. The summed E-state index contributed by atoms with van der Waals surface area (Å²) in [6.07, 6.45) is 0.152. The zero-order valence-electron chi connectivity index (χ0n) is 12.5. The molecule has 0 aromatic heterocycles. The van der Waals surface area contributed by atoms with Crippen molar-refractivity contribution in [1.29, 1.82) is 0 Å². The highest BCUT2D eigenvalue weighted by Crippen LogP contribution is 2.19. The molecule has 2 aromatic rings. The lowest BCUT2D eigenvalue weighted by Gasteiger charge is -2.09. The summed E-state index contributed by atoms with van der Waals surface area (Å²) in [5, 5.41) is 0. The van der Waals surface area contributed by atoms with E-state index in [4.69, 9.17) is 0 Å². The fourth-order valence-corrected chi connectivity index (χ4v) is 3.06. The minimum absolute atomic E-state index is 0.0526. The van der Waals surface area contributed by atoms with Gasteiger partial charge in [-0.2, -0.15) is 8.78 Å². The second-order valence-electron chi connectivity index (χ2n) is 4.84. The average Bonchev–Trinajstić information content (AvgIpc) is 2.53. The van der Waals surface area contributed by atoms with Crippen LogP contribution in [0.1, 0.15) is 5.56 Å². The van der Waals surface area contributed by atoms with Gasteiger partial charge in [-0.3, -0.25) is 0 Å². The van der Waals surface area contributed by atoms with Crippen molar-refractivity contribution in [2.75, 3.05) is 6.54 Å². The number of alkyl halides is 2. The molecule has 4 nitrogen and oxygen atoms in total. The molecule has 1 N–H and O–H groups in total. The Morgan fingerprint density at radius 2 is 1.60 bits per heavy atom. The zero-order chi connectivity index (χ0) is 18.6. The van der Waals surface area contributed by atoms with Crippen molar-refractivity contribution in [3.05, 3.63) is 59.4 Å². The third-order valence-electron chi connectivity index (χ3n) is 3.14. The normalized spacial score (nSPS) is 11.8. The van der Waals surface area contributed by atoms with E-state index in [1.807, 2.05) is 4.72 Å². The minimum atomic E-state index is -4.38. The lowest BCUT2D eigenvalue weighted by Crippen LogP contribution is -2.27. The maximum absolute atomic E-state index is 13.5. The number of rotatable bonds is 7. The Balaban J connectivity index is 2.00. The molecule has 0 saturated heterocycles. The molecule has 25 heavy (non-hydrogen) atoms. The molecule has 0 fully saturated rings. The second kappa shape index (κ2) is 7.79. The van der Waals surface area contributed by atoms with Crippen LogP contribution in [0.15, 0.2) is 41.3 Å². The standard InChI is InChI=1S/C15H12F5NO3S/c16-11-5-6-12(14(18)13(11)17)25(22,23)21-8-7-9-1-3-10(4-2-9)24-15(19)20/h1-6,15,21H,7-8H2. The van der Waals surface area contributed by atoms with Gasteiger partial charge >= 0.3 is 6.61 Å². The molecule has 0 radical (unpaired) electrons. The topological polar surface area (TPSA) is 55.4 Å². The van der Waals surface area contributed by atoms with Crippen molar-refractivity contribution in [2.24, 2.45) is 0 Å². The van der Waals surface area contributed by atoms with Gasteiger partial charge in [0.05, 0.1) is 0 Å². The van der Waals surface area contributed by atoms with E-state index in [-0.39, 0.29) is 18.7 Å². The molecule has 2 aromatic carbocycles. The van der Waals surface area contributed by atoms with Crippen LogP contribution in [0.4, 0.5) is 22.0 Å². The lowest BCUT2D eigenvalue weighted by atomic mass is 10.1. The Morgan fingerprint density at radius 3 is 2.20 bits per heavy atom. The number of sulfonamides is 1. The smallest absolute Gasteiger partial charge is 0.387 e. The SMILES string of the molecule is O=S(=O)(NCCc1ccc(OC(F)F)cc1)c1ccc(F)c(F)c1F. The summed E-state index contributed by atoms with van der Waals surface area (Å²) in [4.78, 5) is -1.01. The Morgan fingerprint density at radius 1 is 0.960 bits per heavy atom. The first kappa shape index (κ1) is 19.1. The van der Waals surface area contributed by atoms with Crippen LogP contribution < -0.4 is 9.46 Å². The van der Waals surface area contributed by atoms with E-state index in [1.54, 1.807) is 0 Å². The number of benzene rings is 2. The summed E-state index contributed by atoms with van der Waals surface area (Å²) in [5.74, 6) is -5.23. The molecule has 0 bridgehead atoms. The van der Waals surface area contributed by atoms with Crippen LogP contribution in [-0.4, -0.2) is 21.6 Å². The van der Waals surface area contributed by atoms with Gasteiger partial charge in [-0.05, 0) is 36.2 Å². The van der Waals surface area contributed by atoms with Crippen LogP contribution in [0.2, 0.25) is 0 Å². The van der Waals surface area contributed by atoms with E-state index in [0.29, 0.717) is 17.7 Å². The summed E-state index contributed by atoms with van der Waals surface area (Å²) in [7, 11) is -4.38. The van der Waals surface area contributed by atoms with E-state index < -0.39 is 39.0 Å². The van der Waals surface area contributed by atoms with Crippen LogP contribution in [-0.2, 0) is 16.4 Å². The van der Waals surface area contributed by atoms with Crippen LogP contribution in [0.5, 0.6) is 5.75 Å². The number of hydrogen-bond acceptors (Lipinski definition) is 3. The average molecular weight is 381 g/mol. The predicted molar refractivity (Wildman–Crippen MR) is 78.3 cm³/mol. The summed E-state index contributed by atoms with van der Waals surface area (Å²) in [6.45, 7) is -3.13. The van der Waals surface area contributed by atoms with Gasteiger partial charge in [0.15, 0.2) is 17.5 Å². The first-order chi connectivity index (χ1) is 11.7. The molecule has 0 saturated carbocycles. The van der Waals surface area contributed by atoms with Crippen LogP contribution in [0.25, 0.3) is 0 Å². The summed E-state index contributed by atoms with van der Waals surface area (Å²) >= 11 is 0. The van der Waals surface area contributed by atoms with Gasteiger partial charge in [0.2, 0.25) is 10.0 Å². The molecule has 10 heteroatoms. The molecule has 0 spiro atoms. The molecule has 0 aliphatic rings. The maximum Gasteiger partial charge on any atom is 0.387 e. The van der Waals surface area contributed by atoms with Crippen molar-refractivity contribution in [3.63, 3.8) is 0 Å². The molecule has 0 amide bonds. The van der Waals surface area contributed by atoms with Gasteiger partial charge in [-0.15, -0.1) is 0 Å². The monoisotopic (exact) mass is 381 g/mol. The summed E-state index contributed by atoms with van der Waals surface area (Å²) < 4.78 is 93.7. The predicted octanol–water partition coefficient (Wildman–Crippen LogP) is 3.23. The number of ether oxygens (including phenoxy) is 1. The minimum Gasteiger partial charge on any atom is -0.435 e. The largest absolute Gasteiger partial charge is 0.435 e. The third kappa shape index (κ3) is 4.89. The van der Waals surface area contributed by atoms with Crippen molar-refractivity contribution in [2.45, 2.75) is 17.9 Å². The van der Waals surface area contributed by atoms with Gasteiger partial charge in [0.25, 0.3) is 0 Å². The van der Waals surface area contributed by atoms with E-state index in [0.717, 1.165) is 0 Å². The second-order valence-corrected chi connectivity index (χ2v) is 6.58. The van der Waals surface area contributed by atoms with Crippen molar-refractivity contribution >= 4 is 10.0 Å². The summed E-state index contributed by atoms with van der Waals surface area (Å²) in [5.41, 5.74) is 0.593. The van der Waals surface area contributed by atoms with E-state index in [9.17, 15) is 30.4 Å². The van der Waals surface area contributed by atoms with Gasteiger partial charge in [0.1, 0.15) is 10.6 Å². The maximum atomic E-state index is 13.5. The van der Waals surface area contributed by atoms with Gasteiger partial charge in [-0.25, -0.2) is 26.3 Å². The van der Waals surface area contributed by atoms with Crippen molar-refractivity contribution < 1.29 is 35.1 Å². The quantitative estimate of drug-likeness (QED) is 0.592. The molecule has 0 heterocycles. The first-order valence-electron chi connectivity index (χ1n) is 6.87. The highest BCUT2D eigenvalue weighted by atomic mass is 32.2. The molecule has 0 atom stereocenters. The number of halogens is 5. The Hall–Kier alpha value is -2.20. The van der Waals surface area contributed by atoms with Crippen LogP contribution >= 0.6 is 0 Å². The van der Waals surface area contributed by atoms with Crippen molar-refractivity contribution in [3.8, 4) is 5.75 Å². The molecule has 0 aliphatic heterocycles. The third-order valence-corrected chi connectivity index (χ3v) is 4.62. The van der Waals surface area contributed by atoms with Gasteiger partial charge in [0, 0.05) is 6.54 Å². The Labute approximate surface area is 140 Å². The van der Waals surface area contributed by atoms with E-state index in [1.165, 1.54) is 24.3 Å². The Bertz CT molecular complexity index is 841. The van der Waals surface area contributed by atoms with E-state index >= 15 is 0 Å². The highest BCUT2D eigenvalue weighted by molar-refractivity contribution is 7.89. The fraction of sp³-hybridized carbons (Fsp3) is 0.200. The number of nitrogens with one attached hydrogen (secondary N) is 1. The van der Waals surface area contributed by atoms with Gasteiger partial charge < -0.3 is 4.74 Å². The van der Waals surface area contributed by atoms with E-state index in [2.05, 4.69) is 4.74 Å². The van der Waals surface area contributed by atoms with Gasteiger partial charge in [-0.1, -0.05) is 12.1 Å². The molecule has 0 aliphatic carbocycles. The molecule has 2 rings (SSSR count). The number of hydrogen-bond donors (Lipinski definition) is 1. The zero-order valence-corrected chi connectivity index (χ0v) is 13.3.